The molecule has 3 N–H and O–H groups in total. The Hall–Kier alpha value is -0.840. The average molecular weight is 235 g/mol. The Labute approximate surface area is 90.6 Å². The molecular formula is C8H8Cl2N2O2. The van der Waals surface area contributed by atoms with E-state index in [-0.39, 0.29) is 11.6 Å². The smallest absolute Gasteiger partial charge is 0.320 e. The van der Waals surface area contributed by atoms with Crippen LogP contribution in [-0.2, 0) is 11.2 Å². The minimum absolute atomic E-state index is 0.0642. The van der Waals surface area contributed by atoms with Crippen LogP contribution in [0.1, 0.15) is 5.69 Å². The molecule has 0 aliphatic carbocycles. The molecule has 4 nitrogen and oxygen atoms in total. The molecule has 14 heavy (non-hydrogen) atoms. The average Bonchev–Trinajstić information content (AvgIpc) is 2.11. The van der Waals surface area contributed by atoms with Gasteiger partial charge in [0, 0.05) is 6.42 Å². The first-order chi connectivity index (χ1) is 6.50. The minimum atomic E-state index is -1.09. The van der Waals surface area contributed by atoms with Crippen LogP contribution >= 0.6 is 23.2 Å². The van der Waals surface area contributed by atoms with Crippen LogP contribution in [0.2, 0.25) is 10.2 Å². The van der Waals surface area contributed by atoms with Crippen molar-refractivity contribution in [1.82, 2.24) is 4.98 Å². The Bertz CT molecular complexity index is 357. The molecular weight excluding hydrogens is 227 g/mol. The second-order valence-corrected chi connectivity index (χ2v) is 3.51. The highest BCUT2D eigenvalue weighted by Crippen LogP contribution is 2.17. The lowest BCUT2D eigenvalue weighted by Gasteiger charge is -2.07. The number of aromatic nitrogens is 1. The van der Waals surface area contributed by atoms with Crippen LogP contribution in [-0.4, -0.2) is 22.1 Å². The van der Waals surface area contributed by atoms with Gasteiger partial charge in [-0.05, 0) is 12.1 Å². The number of pyridine rings is 1. The maximum atomic E-state index is 10.5. The van der Waals surface area contributed by atoms with Crippen molar-refractivity contribution in [3.63, 3.8) is 0 Å². The highest BCUT2D eigenvalue weighted by atomic mass is 35.5. The molecule has 0 aliphatic heterocycles. The molecule has 76 valence electrons. The third kappa shape index (κ3) is 2.83. The number of carbonyl (C=O) groups is 1. The van der Waals surface area contributed by atoms with Gasteiger partial charge in [0.25, 0.3) is 0 Å². The molecule has 0 radical (unpaired) electrons. The number of halogens is 2. The molecule has 6 heteroatoms. The zero-order valence-electron chi connectivity index (χ0n) is 7.08. The molecule has 0 saturated heterocycles. The maximum Gasteiger partial charge on any atom is 0.320 e. The number of rotatable bonds is 3. The molecule has 0 bridgehead atoms. The van der Waals surface area contributed by atoms with Gasteiger partial charge in [0.2, 0.25) is 0 Å². The third-order valence-electron chi connectivity index (χ3n) is 1.62. The van der Waals surface area contributed by atoms with Gasteiger partial charge >= 0.3 is 5.97 Å². The van der Waals surface area contributed by atoms with Crippen molar-refractivity contribution in [3.05, 3.63) is 28.0 Å². The van der Waals surface area contributed by atoms with Crippen molar-refractivity contribution in [2.24, 2.45) is 5.73 Å². The van der Waals surface area contributed by atoms with E-state index in [1.807, 2.05) is 0 Å². The van der Waals surface area contributed by atoms with Crippen molar-refractivity contribution in [3.8, 4) is 0 Å². The lowest BCUT2D eigenvalue weighted by molar-refractivity contribution is -0.138. The van der Waals surface area contributed by atoms with Gasteiger partial charge in [-0.25, -0.2) is 4.98 Å². The Kier molecular flexibility index (Phi) is 3.69. The summed E-state index contributed by atoms with van der Waals surface area (Å²) in [5, 5.41) is 9.21. The highest BCUT2D eigenvalue weighted by Gasteiger charge is 2.15. The Balaban J connectivity index is 2.85. The van der Waals surface area contributed by atoms with E-state index < -0.39 is 12.0 Å². The molecule has 1 rings (SSSR count). The maximum absolute atomic E-state index is 10.5. The fourth-order valence-corrected chi connectivity index (χ4v) is 1.24. The van der Waals surface area contributed by atoms with Crippen LogP contribution < -0.4 is 5.73 Å². The number of carboxylic acids is 1. The molecule has 1 aromatic heterocycles. The van der Waals surface area contributed by atoms with Gasteiger partial charge in [0.1, 0.15) is 11.2 Å². The predicted octanol–water partition coefficient (Wildman–Crippen LogP) is 1.34. The van der Waals surface area contributed by atoms with Crippen LogP contribution in [0, 0.1) is 0 Å². The van der Waals surface area contributed by atoms with Gasteiger partial charge < -0.3 is 10.8 Å². The van der Waals surface area contributed by atoms with Crippen molar-refractivity contribution >= 4 is 29.2 Å². The van der Waals surface area contributed by atoms with Gasteiger partial charge in [0.05, 0.1) is 10.7 Å². The summed E-state index contributed by atoms with van der Waals surface area (Å²) in [6, 6.07) is 2.07. The zero-order valence-corrected chi connectivity index (χ0v) is 8.59. The fraction of sp³-hybridized carbons (Fsp3) is 0.250. The molecule has 1 aromatic rings. The summed E-state index contributed by atoms with van der Waals surface area (Å²) in [7, 11) is 0. The van der Waals surface area contributed by atoms with Gasteiger partial charge in [-0.1, -0.05) is 23.2 Å². The predicted molar refractivity (Wildman–Crippen MR) is 53.6 cm³/mol. The van der Waals surface area contributed by atoms with E-state index >= 15 is 0 Å². The topological polar surface area (TPSA) is 76.2 Å². The summed E-state index contributed by atoms with van der Waals surface area (Å²) in [5.41, 5.74) is 5.72. The summed E-state index contributed by atoms with van der Waals surface area (Å²) < 4.78 is 0. The van der Waals surface area contributed by atoms with Gasteiger partial charge in [0.15, 0.2) is 0 Å². The number of aliphatic carboxylic acids is 1. The number of hydrogen-bond acceptors (Lipinski definition) is 3. The zero-order chi connectivity index (χ0) is 10.7. The molecule has 0 aliphatic rings. The first-order valence-electron chi connectivity index (χ1n) is 3.80. The van der Waals surface area contributed by atoms with E-state index in [4.69, 9.17) is 34.0 Å². The van der Waals surface area contributed by atoms with Gasteiger partial charge in [-0.3, -0.25) is 4.79 Å². The molecule has 0 fully saturated rings. The summed E-state index contributed by atoms with van der Waals surface area (Å²) in [4.78, 5) is 14.4. The van der Waals surface area contributed by atoms with E-state index in [9.17, 15) is 4.79 Å². The molecule has 0 unspecified atom stereocenters. The molecule has 0 saturated carbocycles. The first-order valence-corrected chi connectivity index (χ1v) is 4.55. The van der Waals surface area contributed by atoms with Crippen LogP contribution in [0.25, 0.3) is 0 Å². The molecule has 0 spiro atoms. The molecule has 0 amide bonds. The second-order valence-electron chi connectivity index (χ2n) is 2.71. The van der Waals surface area contributed by atoms with Crippen molar-refractivity contribution in [1.29, 1.82) is 0 Å². The monoisotopic (exact) mass is 234 g/mol. The second kappa shape index (κ2) is 4.59. The quantitative estimate of drug-likeness (QED) is 0.775. The van der Waals surface area contributed by atoms with Crippen LogP contribution in [0.15, 0.2) is 12.1 Å². The highest BCUT2D eigenvalue weighted by molar-refractivity contribution is 6.32. The van der Waals surface area contributed by atoms with Gasteiger partial charge in [-0.15, -0.1) is 0 Å². The molecule has 1 heterocycles. The Morgan fingerprint density at radius 1 is 1.57 bits per heavy atom. The standard InChI is InChI=1S/C8H8Cl2N2O2/c9-4-1-2-7(10)12-6(4)3-5(11)8(13)14/h1-2,5H,3,11H2,(H,13,14)/t5-/m0/s1. The Morgan fingerprint density at radius 2 is 2.21 bits per heavy atom. The normalized spacial score (nSPS) is 12.5. The summed E-state index contributed by atoms with van der Waals surface area (Å²) in [6.45, 7) is 0. The van der Waals surface area contributed by atoms with Crippen LogP contribution in [0.3, 0.4) is 0 Å². The third-order valence-corrected chi connectivity index (χ3v) is 2.17. The Morgan fingerprint density at radius 3 is 2.79 bits per heavy atom. The van der Waals surface area contributed by atoms with Crippen LogP contribution in [0.4, 0.5) is 0 Å². The number of nitrogens with two attached hydrogens (primary N) is 1. The minimum Gasteiger partial charge on any atom is -0.480 e. The SMILES string of the molecule is N[C@@H](Cc1nc(Cl)ccc1Cl)C(=O)O. The molecule has 1 atom stereocenters. The summed E-state index contributed by atoms with van der Waals surface area (Å²) in [5.74, 6) is -1.09. The first kappa shape index (κ1) is 11.2. The number of hydrogen-bond donors (Lipinski definition) is 2. The summed E-state index contributed by atoms with van der Waals surface area (Å²) >= 11 is 11.4. The van der Waals surface area contributed by atoms with E-state index in [0.717, 1.165) is 0 Å². The lowest BCUT2D eigenvalue weighted by atomic mass is 10.1. The van der Waals surface area contributed by atoms with Crippen LogP contribution in [0.5, 0.6) is 0 Å². The largest absolute Gasteiger partial charge is 0.480 e. The van der Waals surface area contributed by atoms with E-state index in [0.29, 0.717) is 10.7 Å². The number of nitrogens with zero attached hydrogens (tertiary/aromatic N) is 1. The van der Waals surface area contributed by atoms with E-state index in [1.165, 1.54) is 6.07 Å². The van der Waals surface area contributed by atoms with Gasteiger partial charge in [-0.2, -0.15) is 0 Å². The fourth-order valence-electron chi connectivity index (χ4n) is 0.896. The molecule has 0 aromatic carbocycles. The lowest BCUT2D eigenvalue weighted by Crippen LogP contribution is -2.32. The van der Waals surface area contributed by atoms with Crippen molar-refractivity contribution in [2.45, 2.75) is 12.5 Å². The number of carboxylic acid groups (broad SMARTS) is 1. The van der Waals surface area contributed by atoms with Crippen molar-refractivity contribution in [2.75, 3.05) is 0 Å². The van der Waals surface area contributed by atoms with Crippen molar-refractivity contribution < 1.29 is 9.90 Å². The van der Waals surface area contributed by atoms with E-state index in [2.05, 4.69) is 4.98 Å². The van der Waals surface area contributed by atoms with E-state index in [1.54, 1.807) is 6.07 Å². The summed E-state index contributed by atoms with van der Waals surface area (Å²) in [6.07, 6.45) is 0.0642.